The summed E-state index contributed by atoms with van der Waals surface area (Å²) in [5, 5.41) is 36.3. The number of aromatic nitrogens is 6. The Bertz CT molecular complexity index is 6270. The highest BCUT2D eigenvalue weighted by Gasteiger charge is 2.25. The monoisotopic (exact) mass is 1860 g/mol. The SMILES string of the molecule is C=CC(=O)Nc1ccc(Nc2nc(Nc3ccc(N4CCN(C)CC4)cc3)ncc2C(=C)Nc2c(C)cccc2Cl)cc1.C=CS(=O)(=O)Nc1ccccc1Nc1nc(Nc2ccc(N3CCN(C)CC3)cc2)ncc1C(=O)Nc1c(C)cccc1C.Cc1cccc(Cl)c1NC(=O)c1cnc(Nc2ccc(N3CCN(C)CC3)cc2)nc1Nc1ccccc1NC(=O)/C=C/CN(C)C. The van der Waals surface area contributed by atoms with Gasteiger partial charge in [0.2, 0.25) is 29.7 Å². The van der Waals surface area contributed by atoms with Crippen LogP contribution >= 0.6 is 23.2 Å². The third-order valence-electron chi connectivity index (χ3n) is 22.3. The molecule has 0 radical (unpaired) electrons. The van der Waals surface area contributed by atoms with Crippen molar-refractivity contribution in [1.29, 1.82) is 0 Å². The van der Waals surface area contributed by atoms with Gasteiger partial charge in [0.15, 0.2) is 0 Å². The molecular formula is C100H111Cl2N25O6S. The van der Waals surface area contributed by atoms with Gasteiger partial charge < -0.3 is 92.8 Å². The maximum Gasteiger partial charge on any atom is 0.261 e. The molecular weight excluding hydrogens is 1750 g/mol. The Morgan fingerprint density at radius 2 is 0.746 bits per heavy atom. The van der Waals surface area contributed by atoms with E-state index in [9.17, 15) is 27.6 Å². The van der Waals surface area contributed by atoms with Crippen LogP contribution < -0.4 is 77.9 Å². The molecule has 3 aliphatic rings. The Balaban J connectivity index is 0.000000171. The lowest BCUT2D eigenvalue weighted by Gasteiger charge is -2.34. The molecule has 0 saturated carbocycles. The molecule has 15 rings (SSSR count). The zero-order valence-electron chi connectivity index (χ0n) is 76.3. The van der Waals surface area contributed by atoms with Crippen molar-refractivity contribution in [2.45, 2.75) is 27.7 Å². The molecule has 9 aromatic carbocycles. The van der Waals surface area contributed by atoms with Crippen LogP contribution in [0, 0.1) is 27.7 Å². The van der Waals surface area contributed by atoms with Crippen molar-refractivity contribution in [1.82, 2.24) is 49.5 Å². The number of halogens is 2. The standard InChI is InChI=1S/C35H40ClN9O2.C33H35ClN8O.C32H36N8O3S/c1-24-9-7-10-28(36)32(24)41-34(47)27-23-37-35(38-25-14-16-26(17-15-25)45-21-19-44(4)20-22-45)42-33(27)40-30-12-6-5-11-29(30)39-31(46)13-8-18-43(2)3;1-5-30(43)37-24-9-11-25(12-10-24)38-32-28(23(3)36-31-22(2)7-6-8-29(31)34)21-35-33(40-32)39-26-13-15-27(16-14-26)42-19-17-41(4)18-20-42;1-5-44(42,43)38-28-12-7-6-11-27(28)35-30-26(31(41)36-29-22(2)9-8-10-23(29)3)21-33-32(37-30)34-24-13-15-25(16-14-24)40-19-17-39(4)18-20-40/h5-17,23H,18-22H2,1-4H3,(H,39,46)(H,41,47)(H2,37,38,40,42);5-16,21,36H,1,3,17-20H2,2,4H3,(H,37,43)(H2,35,38,39,40);5-16,21,38H,1,17-20H2,2-4H3,(H,36,41)(H2,33,34,35,37)/b13-8+;;. The number of sulfonamides is 1. The number of hydrogen-bond donors (Lipinski definition) is 12. The van der Waals surface area contributed by atoms with E-state index in [1.807, 2.05) is 156 Å². The van der Waals surface area contributed by atoms with Crippen LogP contribution in [-0.2, 0) is 19.6 Å². The minimum Gasteiger partial charge on any atom is -0.369 e. The molecule has 31 nitrogen and oxygen atoms in total. The van der Waals surface area contributed by atoms with Crippen molar-refractivity contribution in [2.24, 2.45) is 0 Å². The highest BCUT2D eigenvalue weighted by atomic mass is 35.5. The minimum absolute atomic E-state index is 0.171. The number of likely N-dealkylation sites (N-methyl/N-ethyl adjacent to an activating group) is 4. The number of carbonyl (C=O) groups is 4. The molecule has 3 saturated heterocycles. The zero-order chi connectivity index (χ0) is 95.0. The van der Waals surface area contributed by atoms with Gasteiger partial charge in [-0.3, -0.25) is 23.9 Å². The van der Waals surface area contributed by atoms with E-state index in [1.54, 1.807) is 66.9 Å². The second-order valence-electron chi connectivity index (χ2n) is 32.6. The van der Waals surface area contributed by atoms with Crippen LogP contribution in [0.5, 0.6) is 0 Å². The summed E-state index contributed by atoms with van der Waals surface area (Å²) in [6, 6.07) is 62.6. The fraction of sp³-hybridized carbons (Fsp3) is 0.220. The number of benzene rings is 9. The highest BCUT2D eigenvalue weighted by Crippen LogP contribution is 2.37. The van der Waals surface area contributed by atoms with Crippen LogP contribution in [0.1, 0.15) is 48.5 Å². The van der Waals surface area contributed by atoms with Gasteiger partial charge in [0.25, 0.3) is 21.8 Å². The summed E-state index contributed by atoms with van der Waals surface area (Å²) < 4.78 is 27.0. The molecule has 12 aromatic rings. The lowest BCUT2D eigenvalue weighted by molar-refractivity contribution is -0.112. The first kappa shape index (κ1) is 96.8. The van der Waals surface area contributed by atoms with E-state index in [-0.39, 0.29) is 46.2 Å². The van der Waals surface area contributed by atoms with Gasteiger partial charge in [0.05, 0.1) is 49.7 Å². The number of aryl methyl sites for hydroxylation is 4. The van der Waals surface area contributed by atoms with Crippen LogP contribution in [0.3, 0.4) is 0 Å². The molecule has 0 unspecified atom stereocenters. The molecule has 3 aromatic heterocycles. The predicted octanol–water partition coefficient (Wildman–Crippen LogP) is 18.3. The molecule has 3 aliphatic heterocycles. The quantitative estimate of drug-likeness (QED) is 0.0180. The average molecular weight is 1860 g/mol. The Morgan fingerprint density at radius 3 is 1.16 bits per heavy atom. The molecule has 3 fully saturated rings. The number of rotatable bonds is 31. The van der Waals surface area contributed by atoms with Crippen molar-refractivity contribution in [3.8, 4) is 0 Å². The van der Waals surface area contributed by atoms with Crippen LogP contribution in [0.2, 0.25) is 10.0 Å². The summed E-state index contributed by atoms with van der Waals surface area (Å²) in [6.45, 7) is 31.5. The highest BCUT2D eigenvalue weighted by molar-refractivity contribution is 7.95. The van der Waals surface area contributed by atoms with Gasteiger partial charge in [-0.25, -0.2) is 23.4 Å². The van der Waals surface area contributed by atoms with Gasteiger partial charge in [-0.1, -0.05) is 116 Å². The van der Waals surface area contributed by atoms with Crippen molar-refractivity contribution < 1.29 is 27.6 Å². The topological polar surface area (TPSA) is 347 Å². The third kappa shape index (κ3) is 27.0. The minimum atomic E-state index is -3.78. The van der Waals surface area contributed by atoms with Crippen LogP contribution in [-0.4, -0.2) is 202 Å². The summed E-state index contributed by atoms with van der Waals surface area (Å²) in [7, 11) is 6.49. The smallest absolute Gasteiger partial charge is 0.261 e. The predicted molar refractivity (Wildman–Crippen MR) is 548 cm³/mol. The summed E-state index contributed by atoms with van der Waals surface area (Å²) in [4.78, 5) is 95.3. The molecule has 692 valence electrons. The maximum absolute atomic E-state index is 13.6. The van der Waals surface area contributed by atoms with Crippen molar-refractivity contribution in [3.05, 3.63) is 311 Å². The van der Waals surface area contributed by atoms with Gasteiger partial charge >= 0.3 is 0 Å². The van der Waals surface area contributed by atoms with E-state index >= 15 is 0 Å². The summed E-state index contributed by atoms with van der Waals surface area (Å²) >= 11 is 12.9. The van der Waals surface area contributed by atoms with Gasteiger partial charge in [-0.05, 0) is 225 Å². The Labute approximate surface area is 792 Å². The van der Waals surface area contributed by atoms with E-state index in [4.69, 9.17) is 33.2 Å². The van der Waals surface area contributed by atoms with E-state index in [0.29, 0.717) is 79.7 Å². The molecule has 0 atom stereocenters. The van der Waals surface area contributed by atoms with E-state index in [0.717, 1.165) is 146 Å². The van der Waals surface area contributed by atoms with Crippen LogP contribution in [0.4, 0.5) is 121 Å². The van der Waals surface area contributed by atoms with Crippen molar-refractivity contribution in [3.63, 3.8) is 0 Å². The number of nitrogens with one attached hydrogen (secondary N) is 12. The molecule has 12 N–H and O–H groups in total. The van der Waals surface area contributed by atoms with E-state index < -0.39 is 21.8 Å². The lowest BCUT2D eigenvalue weighted by Crippen LogP contribution is -2.44. The number of piperazine rings is 3. The van der Waals surface area contributed by atoms with Crippen molar-refractivity contribution in [2.75, 3.05) is 198 Å². The normalized spacial score (nSPS) is 13.5. The second-order valence-corrected chi connectivity index (χ2v) is 35.0. The lowest BCUT2D eigenvalue weighted by atomic mass is 10.1. The molecule has 6 heterocycles. The number of anilines is 21. The second kappa shape index (κ2) is 45.9. The molecule has 0 bridgehead atoms. The van der Waals surface area contributed by atoms with E-state index in [1.165, 1.54) is 30.2 Å². The maximum atomic E-state index is 13.6. The van der Waals surface area contributed by atoms with Crippen LogP contribution in [0.15, 0.2) is 262 Å². The van der Waals surface area contributed by atoms with E-state index in [2.05, 4.69) is 190 Å². The van der Waals surface area contributed by atoms with Gasteiger partial charge in [0, 0.05) is 172 Å². The molecule has 4 amide bonds. The zero-order valence-corrected chi connectivity index (χ0v) is 78.7. The van der Waals surface area contributed by atoms with Gasteiger partial charge in [-0.15, -0.1) is 0 Å². The molecule has 134 heavy (non-hydrogen) atoms. The first-order valence-corrected chi connectivity index (χ1v) is 45.9. The Hall–Kier alpha value is -14.8. The molecule has 0 aliphatic carbocycles. The van der Waals surface area contributed by atoms with Crippen LogP contribution in [0.25, 0.3) is 5.70 Å². The Morgan fingerprint density at radius 1 is 0.396 bits per heavy atom. The summed E-state index contributed by atoms with van der Waals surface area (Å²) in [5.41, 5.74) is 16.3. The largest absolute Gasteiger partial charge is 0.369 e. The molecule has 34 heteroatoms. The number of hydrogen-bond acceptors (Lipinski definition) is 26. The first-order valence-electron chi connectivity index (χ1n) is 43.5. The first-order chi connectivity index (χ1) is 64.6. The number of amides is 4. The fourth-order valence-electron chi connectivity index (χ4n) is 14.5. The Kier molecular flexibility index (Phi) is 33.1. The number of carbonyl (C=O) groups excluding carboxylic acids is 4. The average Bonchev–Trinajstić information content (AvgIpc) is 0.809. The summed E-state index contributed by atoms with van der Waals surface area (Å²) in [5.74, 6) is 0.519. The van der Waals surface area contributed by atoms with Crippen molar-refractivity contribution >= 4 is 183 Å². The van der Waals surface area contributed by atoms with Gasteiger partial charge in [0.1, 0.15) is 28.6 Å². The number of para-hydroxylation sites is 7. The summed E-state index contributed by atoms with van der Waals surface area (Å²) in [6.07, 6.45) is 9.12. The number of nitrogens with zero attached hydrogens (tertiary/aromatic N) is 13. The fourth-order valence-corrected chi connectivity index (χ4v) is 15.6. The van der Waals surface area contributed by atoms with Gasteiger partial charge in [-0.2, -0.15) is 15.0 Å². The third-order valence-corrected chi connectivity index (χ3v) is 23.8. The molecule has 0 spiro atoms.